The van der Waals surface area contributed by atoms with Gasteiger partial charge in [0, 0.05) is 6.07 Å². The number of azo groups is 1. The second-order valence-electron chi connectivity index (χ2n) is 6.40. The topological polar surface area (TPSA) is 164 Å². The number of benzene rings is 3. The number of aromatic amines is 1. The van der Waals surface area contributed by atoms with Gasteiger partial charge in [-0.05, 0) is 30.3 Å². The molecule has 3 aromatic carbocycles. The highest BCUT2D eigenvalue weighted by molar-refractivity contribution is 5.99. The number of amidine groups is 1. The minimum Gasteiger partial charge on any atom is -0.335 e. The first-order chi connectivity index (χ1) is 15.5. The number of para-hydroxylation sites is 3. The number of non-ortho nitro benzene ring substituents is 1. The molecule has 0 unspecified atom stereocenters. The molecule has 0 radical (unpaired) electrons. The molecular formula is C20H14N8O4. The zero-order chi connectivity index (χ0) is 22.5. The number of hydrogen-bond acceptors (Lipinski definition) is 8. The Balaban J connectivity index is 1.74. The first kappa shape index (κ1) is 20.3. The van der Waals surface area contributed by atoms with Crippen molar-refractivity contribution in [1.82, 2.24) is 9.97 Å². The Labute approximate surface area is 179 Å². The molecule has 4 rings (SSSR count). The molecule has 0 aliphatic heterocycles. The van der Waals surface area contributed by atoms with Crippen molar-refractivity contribution in [3.63, 3.8) is 0 Å². The number of fused-ring (bicyclic) bond motifs is 1. The van der Waals surface area contributed by atoms with Crippen LogP contribution < -0.4 is 5.43 Å². The van der Waals surface area contributed by atoms with Gasteiger partial charge in [-0.15, -0.1) is 15.3 Å². The lowest BCUT2D eigenvalue weighted by molar-refractivity contribution is -0.393. The standard InChI is InChI=1S/C20H14N8O4/c29-27(30)14-10-11-17(18(12-14)28(31)32)24-26-20(25-23-13-6-2-1-3-7-13)19-21-15-8-4-5-9-16(15)22-19/h1-12,23H,(H,21,22)/b25-20-,26-24?. The summed E-state index contributed by atoms with van der Waals surface area (Å²) in [6.07, 6.45) is 0. The predicted molar refractivity (Wildman–Crippen MR) is 117 cm³/mol. The Morgan fingerprint density at radius 2 is 1.69 bits per heavy atom. The first-order valence-electron chi connectivity index (χ1n) is 9.20. The molecule has 1 heterocycles. The van der Waals surface area contributed by atoms with E-state index in [4.69, 9.17) is 0 Å². The highest BCUT2D eigenvalue weighted by Crippen LogP contribution is 2.31. The van der Waals surface area contributed by atoms with Gasteiger partial charge in [0.1, 0.15) is 0 Å². The molecule has 0 fully saturated rings. The number of rotatable bonds is 6. The van der Waals surface area contributed by atoms with E-state index in [0.717, 1.165) is 23.7 Å². The summed E-state index contributed by atoms with van der Waals surface area (Å²) < 4.78 is 0. The molecule has 0 aliphatic rings. The molecule has 0 aliphatic carbocycles. The third kappa shape index (κ3) is 4.43. The van der Waals surface area contributed by atoms with Crippen molar-refractivity contribution < 1.29 is 9.85 Å². The highest BCUT2D eigenvalue weighted by atomic mass is 16.6. The molecule has 0 atom stereocenters. The van der Waals surface area contributed by atoms with E-state index in [-0.39, 0.29) is 17.3 Å². The molecule has 12 nitrogen and oxygen atoms in total. The molecule has 1 aromatic heterocycles. The summed E-state index contributed by atoms with van der Waals surface area (Å²) in [6, 6.07) is 19.5. The lowest BCUT2D eigenvalue weighted by Crippen LogP contribution is -2.03. The number of H-pyrrole nitrogens is 1. The zero-order valence-corrected chi connectivity index (χ0v) is 16.2. The van der Waals surface area contributed by atoms with Crippen LogP contribution in [0, 0.1) is 20.2 Å². The lowest BCUT2D eigenvalue weighted by atomic mass is 10.2. The Bertz CT molecular complexity index is 1330. The molecule has 0 amide bonds. The summed E-state index contributed by atoms with van der Waals surface area (Å²) in [6.45, 7) is 0. The largest absolute Gasteiger partial charge is 0.335 e. The van der Waals surface area contributed by atoms with Crippen LogP contribution in [0.4, 0.5) is 22.7 Å². The quantitative estimate of drug-likeness (QED) is 0.145. The molecule has 32 heavy (non-hydrogen) atoms. The number of anilines is 1. The third-order valence-corrected chi connectivity index (χ3v) is 4.28. The first-order valence-corrected chi connectivity index (χ1v) is 9.20. The fourth-order valence-electron chi connectivity index (χ4n) is 2.77. The monoisotopic (exact) mass is 430 g/mol. The maximum atomic E-state index is 11.4. The van der Waals surface area contributed by atoms with Crippen molar-refractivity contribution >= 4 is 39.6 Å². The van der Waals surface area contributed by atoms with Crippen LogP contribution in [0.1, 0.15) is 5.82 Å². The van der Waals surface area contributed by atoms with Crippen molar-refractivity contribution in [2.45, 2.75) is 0 Å². The predicted octanol–water partition coefficient (Wildman–Crippen LogP) is 4.94. The molecular weight excluding hydrogens is 416 g/mol. The Morgan fingerprint density at radius 1 is 0.938 bits per heavy atom. The summed E-state index contributed by atoms with van der Waals surface area (Å²) >= 11 is 0. The fourth-order valence-corrected chi connectivity index (χ4v) is 2.77. The molecule has 158 valence electrons. The van der Waals surface area contributed by atoms with Gasteiger partial charge >= 0.3 is 5.69 Å². The van der Waals surface area contributed by atoms with Gasteiger partial charge in [0.05, 0.1) is 32.6 Å². The molecule has 0 saturated heterocycles. The van der Waals surface area contributed by atoms with Crippen molar-refractivity contribution in [2.24, 2.45) is 15.3 Å². The third-order valence-electron chi connectivity index (χ3n) is 4.28. The lowest BCUT2D eigenvalue weighted by Gasteiger charge is -2.01. The van der Waals surface area contributed by atoms with Crippen LogP contribution in [0.15, 0.2) is 88.1 Å². The van der Waals surface area contributed by atoms with Crippen molar-refractivity contribution in [3.8, 4) is 0 Å². The van der Waals surface area contributed by atoms with E-state index in [1.807, 2.05) is 36.4 Å². The minimum atomic E-state index is -0.762. The van der Waals surface area contributed by atoms with E-state index in [1.165, 1.54) is 0 Å². The van der Waals surface area contributed by atoms with E-state index in [1.54, 1.807) is 18.2 Å². The number of hydrogen-bond donors (Lipinski definition) is 2. The summed E-state index contributed by atoms with van der Waals surface area (Å²) in [5.74, 6) is 0.306. The van der Waals surface area contributed by atoms with Crippen LogP contribution in [0.3, 0.4) is 0 Å². The highest BCUT2D eigenvalue weighted by Gasteiger charge is 2.20. The van der Waals surface area contributed by atoms with Gasteiger partial charge in [-0.1, -0.05) is 30.3 Å². The van der Waals surface area contributed by atoms with Crippen LogP contribution in [-0.4, -0.2) is 25.7 Å². The Morgan fingerprint density at radius 3 is 2.41 bits per heavy atom. The second-order valence-corrected chi connectivity index (χ2v) is 6.40. The number of nitrogens with one attached hydrogen (secondary N) is 2. The van der Waals surface area contributed by atoms with Gasteiger partial charge in [-0.25, -0.2) is 4.98 Å². The Kier molecular flexibility index (Phi) is 5.57. The Hall–Kier alpha value is -5.00. The van der Waals surface area contributed by atoms with Gasteiger partial charge in [-0.2, -0.15) is 0 Å². The van der Waals surface area contributed by atoms with Crippen molar-refractivity contribution in [1.29, 1.82) is 0 Å². The molecule has 0 bridgehead atoms. The van der Waals surface area contributed by atoms with E-state index in [2.05, 4.69) is 30.7 Å². The van der Waals surface area contributed by atoms with Gasteiger partial charge in [-0.3, -0.25) is 25.7 Å². The van der Waals surface area contributed by atoms with Crippen LogP contribution in [0.2, 0.25) is 0 Å². The molecule has 0 spiro atoms. The van der Waals surface area contributed by atoms with E-state index in [9.17, 15) is 20.2 Å². The van der Waals surface area contributed by atoms with E-state index >= 15 is 0 Å². The van der Waals surface area contributed by atoms with Gasteiger partial charge < -0.3 is 4.98 Å². The van der Waals surface area contributed by atoms with Crippen LogP contribution in [0.5, 0.6) is 0 Å². The number of nitrogens with zero attached hydrogens (tertiary/aromatic N) is 6. The van der Waals surface area contributed by atoms with Crippen molar-refractivity contribution in [3.05, 3.63) is 98.8 Å². The van der Waals surface area contributed by atoms with Gasteiger partial charge in [0.25, 0.3) is 5.69 Å². The average Bonchev–Trinajstić information content (AvgIpc) is 3.23. The maximum Gasteiger partial charge on any atom is 0.303 e. The summed E-state index contributed by atoms with van der Waals surface area (Å²) in [5, 5.41) is 34.5. The minimum absolute atomic E-state index is 0.0257. The number of aromatic nitrogens is 2. The number of nitro benzene ring substituents is 2. The molecule has 2 N–H and O–H groups in total. The van der Waals surface area contributed by atoms with Crippen LogP contribution >= 0.6 is 0 Å². The van der Waals surface area contributed by atoms with Crippen LogP contribution in [0.25, 0.3) is 11.0 Å². The van der Waals surface area contributed by atoms with Gasteiger partial charge in [0.2, 0.25) is 5.84 Å². The summed E-state index contributed by atoms with van der Waals surface area (Å²) in [7, 11) is 0. The fraction of sp³-hybridized carbons (Fsp3) is 0. The van der Waals surface area contributed by atoms with Crippen molar-refractivity contribution in [2.75, 3.05) is 5.43 Å². The molecule has 4 aromatic rings. The summed E-state index contributed by atoms with van der Waals surface area (Å²) in [4.78, 5) is 28.3. The van der Waals surface area contributed by atoms with Gasteiger partial charge in [0.15, 0.2) is 11.5 Å². The number of imidazole rings is 1. The molecule has 12 heteroatoms. The maximum absolute atomic E-state index is 11.4. The molecule has 0 saturated carbocycles. The number of hydrazone groups is 1. The summed E-state index contributed by atoms with van der Waals surface area (Å²) in [5.41, 5.74) is 3.79. The SMILES string of the molecule is O=[N+]([O-])c1ccc(N=N/C(=N\Nc2ccccc2)c2nc3ccccc3[nH]2)c([N+](=O)[O-])c1. The smallest absolute Gasteiger partial charge is 0.303 e. The van der Waals surface area contributed by atoms with E-state index in [0.29, 0.717) is 11.2 Å². The normalized spacial score (nSPS) is 11.7. The zero-order valence-electron chi connectivity index (χ0n) is 16.2. The second kappa shape index (κ2) is 8.79. The van der Waals surface area contributed by atoms with E-state index < -0.39 is 21.2 Å². The number of nitro groups is 2. The van der Waals surface area contributed by atoms with Crippen LogP contribution in [-0.2, 0) is 0 Å². The average molecular weight is 430 g/mol.